The standard InChI is InChI=1S/C17H17N3O3S/c1-10-8-19(9-11(2)23-10)17(22)13-7-12-15(24-13)18-14-5-3-4-6-20(14)16(12)21/h3-7,10-11H,8-9H2,1-2H3/t10-,11-/m1/s1. The summed E-state index contributed by atoms with van der Waals surface area (Å²) in [5.41, 5.74) is 0.444. The number of pyridine rings is 1. The first kappa shape index (κ1) is 15.3. The molecule has 0 N–H and O–H groups in total. The Balaban J connectivity index is 1.77. The summed E-state index contributed by atoms with van der Waals surface area (Å²) in [4.78, 5) is 32.8. The maximum atomic E-state index is 12.8. The minimum Gasteiger partial charge on any atom is -0.372 e. The molecule has 2 atom stereocenters. The number of hydrogen-bond acceptors (Lipinski definition) is 5. The smallest absolute Gasteiger partial charge is 0.266 e. The van der Waals surface area contributed by atoms with Gasteiger partial charge in [0, 0.05) is 19.3 Å². The fourth-order valence-electron chi connectivity index (χ4n) is 3.15. The third-order valence-electron chi connectivity index (χ3n) is 4.13. The predicted molar refractivity (Wildman–Crippen MR) is 92.8 cm³/mol. The highest BCUT2D eigenvalue weighted by molar-refractivity contribution is 7.20. The summed E-state index contributed by atoms with van der Waals surface area (Å²) in [6.45, 7) is 5.04. The Morgan fingerprint density at radius 3 is 2.79 bits per heavy atom. The zero-order valence-corrected chi connectivity index (χ0v) is 14.2. The van der Waals surface area contributed by atoms with Crippen LogP contribution in [0.1, 0.15) is 23.5 Å². The molecule has 0 aliphatic carbocycles. The zero-order chi connectivity index (χ0) is 16.8. The second-order valence-corrected chi connectivity index (χ2v) is 7.17. The Labute approximate surface area is 142 Å². The summed E-state index contributed by atoms with van der Waals surface area (Å²) in [5, 5.41) is 0.487. The summed E-state index contributed by atoms with van der Waals surface area (Å²) in [5.74, 6) is -0.0616. The molecule has 3 aromatic rings. The van der Waals surface area contributed by atoms with Gasteiger partial charge in [-0.3, -0.25) is 14.0 Å². The van der Waals surface area contributed by atoms with Gasteiger partial charge in [-0.05, 0) is 32.0 Å². The molecule has 6 nitrogen and oxygen atoms in total. The van der Waals surface area contributed by atoms with Gasteiger partial charge in [-0.1, -0.05) is 6.07 Å². The van der Waals surface area contributed by atoms with Gasteiger partial charge >= 0.3 is 0 Å². The number of carbonyl (C=O) groups is 1. The van der Waals surface area contributed by atoms with Gasteiger partial charge in [0.15, 0.2) is 0 Å². The second-order valence-electron chi connectivity index (χ2n) is 6.14. The highest BCUT2D eigenvalue weighted by atomic mass is 32.1. The van der Waals surface area contributed by atoms with E-state index in [2.05, 4.69) is 4.98 Å². The lowest BCUT2D eigenvalue weighted by atomic mass is 10.2. The molecule has 1 amide bonds. The van der Waals surface area contributed by atoms with E-state index < -0.39 is 0 Å². The zero-order valence-electron chi connectivity index (χ0n) is 13.4. The monoisotopic (exact) mass is 343 g/mol. The lowest BCUT2D eigenvalue weighted by Gasteiger charge is -2.35. The molecule has 1 aliphatic heterocycles. The summed E-state index contributed by atoms with van der Waals surface area (Å²) in [6.07, 6.45) is 1.71. The minimum atomic E-state index is -0.144. The number of hydrogen-bond donors (Lipinski definition) is 0. The van der Waals surface area contributed by atoms with Crippen LogP contribution in [-0.4, -0.2) is 45.5 Å². The predicted octanol–water partition coefficient (Wildman–Crippen LogP) is 2.16. The van der Waals surface area contributed by atoms with Crippen molar-refractivity contribution >= 4 is 33.1 Å². The van der Waals surface area contributed by atoms with Crippen molar-refractivity contribution in [1.29, 1.82) is 0 Å². The number of nitrogens with zero attached hydrogens (tertiary/aromatic N) is 3. The molecule has 4 rings (SSSR count). The number of rotatable bonds is 1. The SMILES string of the molecule is C[C@@H]1CN(C(=O)c2cc3c(=O)n4ccccc4nc3s2)C[C@@H](C)O1. The van der Waals surface area contributed by atoms with Crippen LogP contribution in [0.5, 0.6) is 0 Å². The first-order valence-corrected chi connectivity index (χ1v) is 8.70. The second kappa shape index (κ2) is 5.68. The Morgan fingerprint density at radius 2 is 2.04 bits per heavy atom. The van der Waals surface area contributed by atoms with Crippen LogP contribution in [0, 0.1) is 0 Å². The van der Waals surface area contributed by atoms with Gasteiger partial charge in [0.1, 0.15) is 10.5 Å². The molecule has 7 heteroatoms. The van der Waals surface area contributed by atoms with Crippen molar-refractivity contribution in [2.75, 3.05) is 13.1 Å². The quantitative estimate of drug-likeness (QED) is 0.679. The third-order valence-corrected chi connectivity index (χ3v) is 5.15. The van der Waals surface area contributed by atoms with Crippen LogP contribution >= 0.6 is 11.3 Å². The number of thiophene rings is 1. The molecule has 0 unspecified atom stereocenters. The maximum absolute atomic E-state index is 12.8. The van der Waals surface area contributed by atoms with Crippen LogP contribution in [0.3, 0.4) is 0 Å². The number of amides is 1. The van der Waals surface area contributed by atoms with Crippen LogP contribution < -0.4 is 5.56 Å². The van der Waals surface area contributed by atoms with Crippen LogP contribution in [0.2, 0.25) is 0 Å². The van der Waals surface area contributed by atoms with E-state index >= 15 is 0 Å². The van der Waals surface area contributed by atoms with E-state index in [1.54, 1.807) is 29.3 Å². The van der Waals surface area contributed by atoms with E-state index in [0.717, 1.165) is 0 Å². The van der Waals surface area contributed by atoms with Gasteiger partial charge in [-0.2, -0.15) is 0 Å². The first-order valence-electron chi connectivity index (χ1n) is 7.88. The molecule has 1 saturated heterocycles. The maximum Gasteiger partial charge on any atom is 0.266 e. The highest BCUT2D eigenvalue weighted by Crippen LogP contribution is 2.24. The van der Waals surface area contributed by atoms with Crippen LogP contribution in [0.25, 0.3) is 15.9 Å². The van der Waals surface area contributed by atoms with Crippen molar-refractivity contribution in [3.63, 3.8) is 0 Å². The average molecular weight is 343 g/mol. The Kier molecular flexibility index (Phi) is 3.62. The fraction of sp³-hybridized carbons (Fsp3) is 0.353. The third kappa shape index (κ3) is 2.50. The molecule has 0 radical (unpaired) electrons. The first-order chi connectivity index (χ1) is 11.5. The lowest BCUT2D eigenvalue weighted by molar-refractivity contribution is -0.0585. The van der Waals surface area contributed by atoms with Crippen molar-refractivity contribution < 1.29 is 9.53 Å². The number of aromatic nitrogens is 2. The molecule has 0 bridgehead atoms. The molecule has 3 aromatic heterocycles. The van der Waals surface area contributed by atoms with Gasteiger partial charge < -0.3 is 9.64 Å². The van der Waals surface area contributed by atoms with E-state index in [0.29, 0.717) is 33.8 Å². The Bertz CT molecular complexity index is 984. The molecule has 0 saturated carbocycles. The fourth-order valence-corrected chi connectivity index (χ4v) is 4.15. The van der Waals surface area contributed by atoms with Crippen molar-refractivity contribution in [3.05, 3.63) is 45.7 Å². The molecule has 124 valence electrons. The summed E-state index contributed by atoms with van der Waals surface area (Å²) in [7, 11) is 0. The van der Waals surface area contributed by atoms with Gasteiger partial charge in [0.25, 0.3) is 11.5 Å². The van der Waals surface area contributed by atoms with Crippen molar-refractivity contribution in [2.45, 2.75) is 26.1 Å². The summed E-state index contributed by atoms with van der Waals surface area (Å²) >= 11 is 1.27. The highest BCUT2D eigenvalue weighted by Gasteiger charge is 2.28. The Morgan fingerprint density at radius 1 is 1.29 bits per heavy atom. The number of carbonyl (C=O) groups excluding carboxylic acids is 1. The van der Waals surface area contributed by atoms with E-state index in [9.17, 15) is 9.59 Å². The molecule has 0 aromatic carbocycles. The number of morpholine rings is 1. The molecule has 1 fully saturated rings. The Hall–Kier alpha value is -2.25. The van der Waals surface area contributed by atoms with Crippen LogP contribution in [0.15, 0.2) is 35.3 Å². The van der Waals surface area contributed by atoms with E-state index in [1.807, 2.05) is 19.9 Å². The van der Waals surface area contributed by atoms with Gasteiger partial charge in [-0.25, -0.2) is 4.98 Å². The van der Waals surface area contributed by atoms with Gasteiger partial charge in [0.2, 0.25) is 0 Å². The molecule has 24 heavy (non-hydrogen) atoms. The number of fused-ring (bicyclic) bond motifs is 2. The number of ether oxygens (including phenoxy) is 1. The van der Waals surface area contributed by atoms with Gasteiger partial charge in [0.05, 0.1) is 22.5 Å². The van der Waals surface area contributed by atoms with E-state index in [-0.39, 0.29) is 23.7 Å². The largest absolute Gasteiger partial charge is 0.372 e. The lowest BCUT2D eigenvalue weighted by Crippen LogP contribution is -2.48. The molecular formula is C17H17N3O3S. The summed E-state index contributed by atoms with van der Waals surface area (Å²) in [6, 6.07) is 7.08. The average Bonchev–Trinajstić information content (AvgIpc) is 2.98. The molecule has 0 spiro atoms. The van der Waals surface area contributed by atoms with Crippen molar-refractivity contribution in [3.8, 4) is 0 Å². The topological polar surface area (TPSA) is 63.9 Å². The molecule has 4 heterocycles. The van der Waals surface area contributed by atoms with Gasteiger partial charge in [-0.15, -0.1) is 11.3 Å². The molecular weight excluding hydrogens is 326 g/mol. The minimum absolute atomic E-state index is 0.0124. The van der Waals surface area contributed by atoms with Crippen molar-refractivity contribution in [2.24, 2.45) is 0 Å². The normalized spacial score (nSPS) is 21.5. The summed E-state index contributed by atoms with van der Waals surface area (Å²) < 4.78 is 7.18. The van der Waals surface area contributed by atoms with E-state index in [4.69, 9.17) is 4.74 Å². The van der Waals surface area contributed by atoms with Crippen LogP contribution in [-0.2, 0) is 4.74 Å². The molecule has 1 aliphatic rings. The van der Waals surface area contributed by atoms with Crippen LogP contribution in [0.4, 0.5) is 0 Å². The van der Waals surface area contributed by atoms with Crippen molar-refractivity contribution in [1.82, 2.24) is 14.3 Å². The van der Waals surface area contributed by atoms with E-state index in [1.165, 1.54) is 15.7 Å².